The normalized spacial score (nSPS) is 13.2. The minimum atomic E-state index is -0.306. The van der Waals surface area contributed by atoms with Gasteiger partial charge in [-0.05, 0) is 100 Å². The maximum atomic E-state index is 6.67. The Bertz CT molecular complexity index is 2980. The number of hydrogen-bond donors (Lipinski definition) is 0. The summed E-state index contributed by atoms with van der Waals surface area (Å²) in [7, 11) is 0. The zero-order valence-corrected chi connectivity index (χ0v) is 29.9. The largest absolute Gasteiger partial charge is 0.456 e. The first-order valence-electron chi connectivity index (χ1n) is 18.2. The summed E-state index contributed by atoms with van der Waals surface area (Å²) < 4.78 is 9.24. The molecular formula is C50H33NOS. The van der Waals surface area contributed by atoms with E-state index < -0.39 is 0 Å². The maximum Gasteiger partial charge on any atom is 0.137 e. The predicted octanol–water partition coefficient (Wildman–Crippen LogP) is 14.4. The lowest BCUT2D eigenvalue weighted by Crippen LogP contribution is -2.22. The Hall–Kier alpha value is -6.42. The maximum absolute atomic E-state index is 6.67. The van der Waals surface area contributed by atoms with Crippen LogP contribution < -0.4 is 4.90 Å². The molecule has 0 saturated carbocycles. The smallest absolute Gasteiger partial charge is 0.137 e. The molecule has 0 N–H and O–H groups in total. The molecule has 2 nitrogen and oxygen atoms in total. The van der Waals surface area contributed by atoms with Crippen LogP contribution in [0.2, 0.25) is 0 Å². The number of hydrogen-bond acceptors (Lipinski definition) is 3. The van der Waals surface area contributed by atoms with Crippen LogP contribution in [-0.4, -0.2) is 0 Å². The molecule has 8 aromatic carbocycles. The molecule has 2 heterocycles. The number of benzene rings is 8. The third-order valence-electron chi connectivity index (χ3n) is 11.4. The Balaban J connectivity index is 1.14. The molecule has 0 spiro atoms. The van der Waals surface area contributed by atoms with E-state index >= 15 is 0 Å². The van der Waals surface area contributed by atoms with Crippen molar-refractivity contribution in [2.24, 2.45) is 0 Å². The molecule has 2 aromatic heterocycles. The van der Waals surface area contributed by atoms with E-state index in [0.29, 0.717) is 0 Å². The van der Waals surface area contributed by atoms with Crippen LogP contribution in [0, 0.1) is 0 Å². The highest BCUT2D eigenvalue weighted by molar-refractivity contribution is 7.25. The molecular weight excluding hydrogens is 663 g/mol. The van der Waals surface area contributed by atoms with Gasteiger partial charge in [-0.2, -0.15) is 0 Å². The van der Waals surface area contributed by atoms with Crippen molar-refractivity contribution in [1.82, 2.24) is 0 Å². The summed E-state index contributed by atoms with van der Waals surface area (Å²) in [6.45, 7) is 2.38. The lowest BCUT2D eigenvalue weighted by molar-refractivity contribution is 0.667. The summed E-state index contributed by atoms with van der Waals surface area (Å²) in [4.78, 5) is 2.41. The van der Waals surface area contributed by atoms with E-state index in [1.165, 1.54) is 59.1 Å². The second kappa shape index (κ2) is 11.5. The fourth-order valence-electron chi connectivity index (χ4n) is 8.78. The Morgan fingerprint density at radius 2 is 1.13 bits per heavy atom. The summed E-state index contributed by atoms with van der Waals surface area (Å²) in [5.41, 5.74) is 13.7. The van der Waals surface area contributed by atoms with E-state index in [-0.39, 0.29) is 5.41 Å². The third-order valence-corrected chi connectivity index (χ3v) is 12.5. The van der Waals surface area contributed by atoms with E-state index in [1.54, 1.807) is 0 Å². The summed E-state index contributed by atoms with van der Waals surface area (Å²) in [6.07, 6.45) is 0. The highest BCUT2D eigenvalue weighted by Gasteiger charge is 2.40. The van der Waals surface area contributed by atoms with Crippen molar-refractivity contribution < 1.29 is 4.42 Å². The first-order valence-corrected chi connectivity index (χ1v) is 19.0. The fraction of sp³-hybridized carbons (Fsp3) is 0.0400. The van der Waals surface area contributed by atoms with E-state index in [9.17, 15) is 0 Å². The Morgan fingerprint density at radius 1 is 0.472 bits per heavy atom. The van der Waals surface area contributed by atoms with Gasteiger partial charge in [0.1, 0.15) is 11.2 Å². The number of furan rings is 1. The topological polar surface area (TPSA) is 16.4 Å². The first-order chi connectivity index (χ1) is 26.1. The molecule has 0 bridgehead atoms. The molecule has 53 heavy (non-hydrogen) atoms. The lowest BCUT2D eigenvalue weighted by atomic mass is 9.74. The van der Waals surface area contributed by atoms with Crippen LogP contribution in [0.5, 0.6) is 0 Å². The molecule has 0 amide bonds. The van der Waals surface area contributed by atoms with Crippen molar-refractivity contribution >= 4 is 70.5 Å². The van der Waals surface area contributed by atoms with Crippen LogP contribution in [-0.2, 0) is 5.41 Å². The van der Waals surface area contributed by atoms with Crippen LogP contribution in [0.4, 0.5) is 17.1 Å². The number of anilines is 3. The zero-order chi connectivity index (χ0) is 35.1. The lowest BCUT2D eigenvalue weighted by Gasteiger charge is -2.28. The quantitative estimate of drug-likeness (QED) is 0.178. The van der Waals surface area contributed by atoms with E-state index in [2.05, 4.69) is 194 Å². The highest BCUT2D eigenvalue weighted by Crippen LogP contribution is 2.53. The van der Waals surface area contributed by atoms with E-state index in [0.717, 1.165) is 39.0 Å². The molecule has 0 atom stereocenters. The van der Waals surface area contributed by atoms with Gasteiger partial charge in [0.05, 0.1) is 11.1 Å². The third kappa shape index (κ3) is 4.51. The van der Waals surface area contributed by atoms with Gasteiger partial charge in [0, 0.05) is 42.3 Å². The SMILES string of the molecule is CC1(c2ccc3oc4cccc(N(c5ccc(-c6ccccc6)cc5)c5ccc6c(c5)sc5ccccc56)c4c3c2)c2ccccc2-c2ccccc21. The van der Waals surface area contributed by atoms with Gasteiger partial charge in [0.25, 0.3) is 0 Å². The van der Waals surface area contributed by atoms with Crippen LogP contribution in [0.15, 0.2) is 186 Å². The fourth-order valence-corrected chi connectivity index (χ4v) is 9.92. The molecule has 1 aliphatic rings. The van der Waals surface area contributed by atoms with Crippen molar-refractivity contribution in [3.8, 4) is 22.3 Å². The molecule has 0 radical (unpaired) electrons. The molecule has 1 aliphatic carbocycles. The van der Waals surface area contributed by atoms with Gasteiger partial charge in [0.15, 0.2) is 0 Å². The van der Waals surface area contributed by atoms with Crippen LogP contribution in [0.1, 0.15) is 23.6 Å². The number of rotatable bonds is 5. The summed E-state index contributed by atoms with van der Waals surface area (Å²) in [6, 6.07) is 66.2. The Morgan fingerprint density at radius 3 is 1.92 bits per heavy atom. The van der Waals surface area contributed by atoms with Gasteiger partial charge in [-0.25, -0.2) is 0 Å². The van der Waals surface area contributed by atoms with Crippen molar-refractivity contribution in [2.45, 2.75) is 12.3 Å². The Kier molecular flexibility index (Phi) is 6.58. The Labute approximate surface area is 311 Å². The highest BCUT2D eigenvalue weighted by atomic mass is 32.1. The van der Waals surface area contributed by atoms with Gasteiger partial charge >= 0.3 is 0 Å². The number of thiophene rings is 1. The molecule has 10 aromatic rings. The standard InChI is InChI=1S/C50H33NOS/c1-50(42-17-8-5-14-37(42)38-15-6-9-18-43(38)50)34-24-29-45-41(30-34)49-44(19-11-20-46(49)52-45)51(35-25-22-33(23-26-35)32-12-3-2-4-13-32)36-27-28-40-39-16-7-10-21-47(39)53-48(40)31-36/h2-31H,1H3. The van der Waals surface area contributed by atoms with Gasteiger partial charge in [-0.15, -0.1) is 11.3 Å². The minimum Gasteiger partial charge on any atom is -0.456 e. The second-order valence-corrected chi connectivity index (χ2v) is 15.3. The van der Waals surface area contributed by atoms with Gasteiger partial charge < -0.3 is 9.32 Å². The molecule has 0 unspecified atom stereocenters. The minimum absolute atomic E-state index is 0.306. The first kappa shape index (κ1) is 30.2. The van der Waals surface area contributed by atoms with Gasteiger partial charge in [-0.1, -0.05) is 127 Å². The average molecular weight is 696 g/mol. The molecule has 0 saturated heterocycles. The monoisotopic (exact) mass is 695 g/mol. The molecule has 3 heteroatoms. The summed E-state index contributed by atoms with van der Waals surface area (Å²) in [5, 5.41) is 4.81. The number of nitrogens with zero attached hydrogens (tertiary/aromatic N) is 1. The van der Waals surface area contributed by atoms with Gasteiger partial charge in [-0.3, -0.25) is 0 Å². The summed E-state index contributed by atoms with van der Waals surface area (Å²) in [5.74, 6) is 0. The van der Waals surface area contributed by atoms with Crippen molar-refractivity contribution in [2.75, 3.05) is 4.90 Å². The molecule has 0 aliphatic heterocycles. The van der Waals surface area contributed by atoms with Gasteiger partial charge in [0.2, 0.25) is 0 Å². The molecule has 11 rings (SSSR count). The molecule has 250 valence electrons. The van der Waals surface area contributed by atoms with Crippen molar-refractivity contribution in [1.29, 1.82) is 0 Å². The average Bonchev–Trinajstić information content (AvgIpc) is 3.87. The van der Waals surface area contributed by atoms with Crippen molar-refractivity contribution in [3.63, 3.8) is 0 Å². The van der Waals surface area contributed by atoms with Crippen LogP contribution in [0.3, 0.4) is 0 Å². The van der Waals surface area contributed by atoms with E-state index in [4.69, 9.17) is 4.42 Å². The van der Waals surface area contributed by atoms with Crippen LogP contribution >= 0.6 is 11.3 Å². The second-order valence-electron chi connectivity index (χ2n) is 14.2. The van der Waals surface area contributed by atoms with Crippen molar-refractivity contribution in [3.05, 3.63) is 199 Å². The number of fused-ring (bicyclic) bond motifs is 9. The van der Waals surface area contributed by atoms with E-state index in [1.807, 2.05) is 11.3 Å². The zero-order valence-electron chi connectivity index (χ0n) is 29.1. The molecule has 0 fully saturated rings. The van der Waals surface area contributed by atoms with Crippen LogP contribution in [0.25, 0.3) is 64.4 Å². The summed E-state index contributed by atoms with van der Waals surface area (Å²) >= 11 is 1.85. The predicted molar refractivity (Wildman–Crippen MR) is 224 cm³/mol.